The molecule has 1 aliphatic rings. The lowest BCUT2D eigenvalue weighted by Crippen LogP contribution is -2.16. The minimum atomic E-state index is -0.684. The van der Waals surface area contributed by atoms with Crippen LogP contribution in [-0.2, 0) is 14.3 Å². The van der Waals surface area contributed by atoms with Crippen molar-refractivity contribution in [3.05, 3.63) is 77.3 Å². The zero-order valence-corrected chi connectivity index (χ0v) is 14.3. The van der Waals surface area contributed by atoms with Crippen LogP contribution in [0.5, 0.6) is 5.75 Å². The zero-order chi connectivity index (χ0) is 18.7. The number of amides is 1. The predicted octanol–water partition coefficient (Wildman–Crippen LogP) is 3.43. The number of carbonyl (C=O) groups is 2. The topological polar surface area (TPSA) is 84.9 Å². The van der Waals surface area contributed by atoms with Gasteiger partial charge in [0.1, 0.15) is 5.75 Å². The number of nitrogens with one attached hydrogen (secondary N) is 1. The molecule has 0 unspecified atom stereocenters. The van der Waals surface area contributed by atoms with Gasteiger partial charge in [-0.3, -0.25) is 4.79 Å². The van der Waals surface area contributed by atoms with Crippen LogP contribution in [0.4, 0.5) is 5.69 Å². The highest BCUT2D eigenvalue weighted by Crippen LogP contribution is 2.32. The third kappa shape index (κ3) is 3.30. The number of ether oxygens (including phenoxy) is 2. The number of methoxy groups -OCH3 is 1. The van der Waals surface area contributed by atoms with E-state index in [0.717, 1.165) is 0 Å². The van der Waals surface area contributed by atoms with Gasteiger partial charge in [0, 0.05) is 5.69 Å². The van der Waals surface area contributed by atoms with Gasteiger partial charge in [0.05, 0.1) is 18.3 Å². The molecule has 1 aliphatic heterocycles. The fourth-order valence-electron chi connectivity index (χ4n) is 2.49. The van der Waals surface area contributed by atoms with Crippen LogP contribution in [0, 0.1) is 0 Å². The van der Waals surface area contributed by atoms with Crippen molar-refractivity contribution in [3.63, 3.8) is 0 Å². The number of carbonyl (C=O) groups excluding carboxylic acids is 2. The first-order chi connectivity index (χ1) is 12.5. The van der Waals surface area contributed by atoms with Gasteiger partial charge in [-0.15, -0.1) is 0 Å². The van der Waals surface area contributed by atoms with Gasteiger partial charge in [-0.25, -0.2) is 4.79 Å². The van der Waals surface area contributed by atoms with Gasteiger partial charge in [0.25, 0.3) is 5.91 Å². The van der Waals surface area contributed by atoms with Gasteiger partial charge in [0.2, 0.25) is 0 Å². The van der Waals surface area contributed by atoms with Gasteiger partial charge >= 0.3 is 5.97 Å². The van der Waals surface area contributed by atoms with Crippen molar-refractivity contribution in [2.75, 3.05) is 12.4 Å². The molecule has 1 heterocycles. The van der Waals surface area contributed by atoms with Crippen molar-refractivity contribution >= 4 is 23.1 Å². The van der Waals surface area contributed by atoms with E-state index in [1.54, 1.807) is 48.5 Å². The van der Waals surface area contributed by atoms with Crippen LogP contribution in [-0.4, -0.2) is 24.1 Å². The summed E-state index contributed by atoms with van der Waals surface area (Å²) in [6.45, 7) is 1.44. The third-order valence-electron chi connectivity index (χ3n) is 3.94. The summed E-state index contributed by atoms with van der Waals surface area (Å²) in [5, 5.41) is 13.0. The Morgan fingerprint density at radius 3 is 2.27 bits per heavy atom. The second-order valence-electron chi connectivity index (χ2n) is 5.62. The molecule has 0 spiro atoms. The molecular formula is C20H17NO5. The molecule has 2 N–H and O–H groups in total. The fourth-order valence-corrected chi connectivity index (χ4v) is 2.49. The number of benzene rings is 2. The normalized spacial score (nSPS) is 15.5. The van der Waals surface area contributed by atoms with Crippen LogP contribution in [0.3, 0.4) is 0 Å². The summed E-state index contributed by atoms with van der Waals surface area (Å²) in [5.41, 5.74) is 1.16. The first-order valence-electron chi connectivity index (χ1n) is 7.88. The lowest BCUT2D eigenvalue weighted by atomic mass is 10.0. The van der Waals surface area contributed by atoms with Gasteiger partial charge in [-0.05, 0) is 36.8 Å². The molecule has 1 amide bonds. The molecule has 2 aromatic carbocycles. The van der Waals surface area contributed by atoms with E-state index < -0.39 is 11.9 Å². The lowest BCUT2D eigenvalue weighted by molar-refractivity contribution is -0.133. The first-order valence-corrected chi connectivity index (χ1v) is 7.88. The maximum atomic E-state index is 12.9. The van der Waals surface area contributed by atoms with Crippen LogP contribution in [0.2, 0.25) is 0 Å². The number of rotatable bonds is 4. The standard InChI is InChI=1S/C20H17NO5/c1-12-17(22)18(26-20(12)24)16(13-8-10-15(25-2)11-9-13)19(23)21-14-6-4-3-5-7-14/h3-11,22H,1-2H3,(H,21,23)/b18-16+. The largest absolute Gasteiger partial charge is 0.504 e. The second kappa shape index (κ2) is 7.14. The number of hydrogen-bond donors (Lipinski definition) is 2. The highest BCUT2D eigenvalue weighted by Gasteiger charge is 2.32. The molecule has 6 heteroatoms. The molecule has 0 saturated carbocycles. The first kappa shape index (κ1) is 17.3. The van der Waals surface area contributed by atoms with Crippen LogP contribution < -0.4 is 10.1 Å². The molecule has 0 bridgehead atoms. The molecule has 0 radical (unpaired) electrons. The average Bonchev–Trinajstić information content (AvgIpc) is 2.91. The number of hydrogen-bond acceptors (Lipinski definition) is 5. The smallest absolute Gasteiger partial charge is 0.343 e. The van der Waals surface area contributed by atoms with Gasteiger partial charge in [0.15, 0.2) is 11.5 Å². The van der Waals surface area contributed by atoms with E-state index in [1.807, 2.05) is 6.07 Å². The number of aliphatic hydroxyl groups excluding tert-OH is 1. The Balaban J connectivity index is 2.07. The van der Waals surface area contributed by atoms with Crippen LogP contribution in [0.1, 0.15) is 12.5 Å². The highest BCUT2D eigenvalue weighted by molar-refractivity contribution is 6.27. The van der Waals surface area contributed by atoms with Crippen LogP contribution >= 0.6 is 0 Å². The van der Waals surface area contributed by atoms with Crippen molar-refractivity contribution in [2.24, 2.45) is 0 Å². The molecule has 0 fully saturated rings. The molecular weight excluding hydrogens is 334 g/mol. The van der Waals surface area contributed by atoms with E-state index in [0.29, 0.717) is 17.0 Å². The molecule has 3 rings (SSSR count). The summed E-state index contributed by atoms with van der Waals surface area (Å²) in [7, 11) is 1.53. The van der Waals surface area contributed by atoms with Crippen molar-refractivity contribution in [1.82, 2.24) is 0 Å². The van der Waals surface area contributed by atoms with Crippen LogP contribution in [0.15, 0.2) is 71.7 Å². The fraction of sp³-hybridized carbons (Fsp3) is 0.100. The van der Waals surface area contributed by atoms with Crippen molar-refractivity contribution in [2.45, 2.75) is 6.92 Å². The highest BCUT2D eigenvalue weighted by atomic mass is 16.6. The average molecular weight is 351 g/mol. The van der Waals surface area contributed by atoms with E-state index in [1.165, 1.54) is 14.0 Å². The number of cyclic esters (lactones) is 1. The second-order valence-corrected chi connectivity index (χ2v) is 5.62. The summed E-state index contributed by atoms with van der Waals surface area (Å²) >= 11 is 0. The van der Waals surface area contributed by atoms with E-state index in [-0.39, 0.29) is 22.7 Å². The predicted molar refractivity (Wildman–Crippen MR) is 96.4 cm³/mol. The van der Waals surface area contributed by atoms with E-state index in [9.17, 15) is 14.7 Å². The number of aliphatic hydroxyl groups is 1. The Bertz CT molecular complexity index is 911. The number of anilines is 1. The number of para-hydroxylation sites is 1. The summed E-state index contributed by atoms with van der Waals surface area (Å²) in [6.07, 6.45) is 0. The van der Waals surface area contributed by atoms with Crippen LogP contribution in [0.25, 0.3) is 5.57 Å². The minimum absolute atomic E-state index is 0.0542. The zero-order valence-electron chi connectivity index (χ0n) is 14.3. The summed E-state index contributed by atoms with van der Waals surface area (Å²) in [5.74, 6) is -1.09. The molecule has 0 aliphatic carbocycles. The Hall–Kier alpha value is -3.54. The van der Waals surface area contributed by atoms with Crippen molar-refractivity contribution < 1.29 is 24.2 Å². The lowest BCUT2D eigenvalue weighted by Gasteiger charge is -2.12. The molecule has 0 aromatic heterocycles. The Morgan fingerprint density at radius 2 is 1.73 bits per heavy atom. The molecule has 2 aromatic rings. The van der Waals surface area contributed by atoms with Gasteiger partial charge in [-0.2, -0.15) is 0 Å². The Kier molecular flexibility index (Phi) is 4.75. The monoisotopic (exact) mass is 351 g/mol. The SMILES string of the molecule is COc1ccc(/C(C(=O)Nc2ccccc2)=C2\OC(=O)C(C)=C2O)cc1. The van der Waals surface area contributed by atoms with Crippen molar-refractivity contribution in [1.29, 1.82) is 0 Å². The maximum Gasteiger partial charge on any atom is 0.343 e. The van der Waals surface area contributed by atoms with Gasteiger partial charge in [-0.1, -0.05) is 30.3 Å². The van der Waals surface area contributed by atoms with E-state index >= 15 is 0 Å². The Labute approximate surface area is 150 Å². The van der Waals surface area contributed by atoms with Crippen molar-refractivity contribution in [3.8, 4) is 5.75 Å². The molecule has 132 valence electrons. The van der Waals surface area contributed by atoms with Gasteiger partial charge < -0.3 is 19.9 Å². The number of esters is 1. The molecule has 0 atom stereocenters. The third-order valence-corrected chi connectivity index (χ3v) is 3.94. The summed E-state index contributed by atoms with van der Waals surface area (Å²) < 4.78 is 10.3. The van der Waals surface area contributed by atoms with E-state index in [2.05, 4.69) is 5.32 Å². The minimum Gasteiger partial charge on any atom is -0.504 e. The summed E-state index contributed by atoms with van der Waals surface area (Å²) in [6, 6.07) is 15.5. The van der Waals surface area contributed by atoms with E-state index in [4.69, 9.17) is 9.47 Å². The summed E-state index contributed by atoms with van der Waals surface area (Å²) in [4.78, 5) is 24.7. The molecule has 0 saturated heterocycles. The molecule has 26 heavy (non-hydrogen) atoms. The molecule has 6 nitrogen and oxygen atoms in total. The quantitative estimate of drug-likeness (QED) is 0.651. The maximum absolute atomic E-state index is 12.9. The Morgan fingerprint density at radius 1 is 1.08 bits per heavy atom.